The van der Waals surface area contributed by atoms with Crippen molar-refractivity contribution in [2.24, 2.45) is 17.3 Å². The van der Waals surface area contributed by atoms with Crippen LogP contribution in [0.2, 0.25) is 0 Å². The largest absolute Gasteiger partial charge is 0.353 e. The van der Waals surface area contributed by atoms with Crippen molar-refractivity contribution in [1.29, 1.82) is 0 Å². The first-order valence-electron chi connectivity index (χ1n) is 5.40. The fourth-order valence-corrected chi connectivity index (χ4v) is 2.40. The van der Waals surface area contributed by atoms with E-state index in [0.29, 0.717) is 11.9 Å². The molecule has 1 N–H and O–H groups in total. The van der Waals surface area contributed by atoms with E-state index in [1.807, 2.05) is 13.8 Å². The van der Waals surface area contributed by atoms with Crippen LogP contribution in [0.5, 0.6) is 0 Å². The van der Waals surface area contributed by atoms with Crippen LogP contribution in [0, 0.1) is 17.3 Å². The Labute approximate surface area is 90.4 Å². The number of nitrogens with one attached hydrogen (secondary N) is 1. The Morgan fingerprint density at radius 3 is 2.43 bits per heavy atom. The molecular formula is C11H18ClNO. The topological polar surface area (TPSA) is 29.1 Å². The molecule has 0 radical (unpaired) electrons. The molecule has 0 saturated heterocycles. The highest BCUT2D eigenvalue weighted by Crippen LogP contribution is 2.51. The summed E-state index contributed by atoms with van der Waals surface area (Å²) in [6.45, 7) is 3.79. The molecule has 2 nitrogen and oxygen atoms in total. The molecule has 2 atom stereocenters. The summed E-state index contributed by atoms with van der Waals surface area (Å²) in [6, 6.07) is 0.425. The molecule has 3 heteroatoms. The van der Waals surface area contributed by atoms with Gasteiger partial charge >= 0.3 is 0 Å². The molecule has 0 aliphatic heterocycles. The third kappa shape index (κ3) is 1.90. The van der Waals surface area contributed by atoms with Gasteiger partial charge in [0.25, 0.3) is 0 Å². The number of carbonyl (C=O) groups excluding carboxylic acids is 1. The molecule has 2 saturated carbocycles. The lowest BCUT2D eigenvalue weighted by molar-refractivity contribution is -0.129. The Morgan fingerprint density at radius 1 is 1.36 bits per heavy atom. The van der Waals surface area contributed by atoms with E-state index in [-0.39, 0.29) is 5.91 Å². The van der Waals surface area contributed by atoms with Crippen molar-refractivity contribution in [2.45, 2.75) is 39.2 Å². The van der Waals surface area contributed by atoms with E-state index in [1.165, 1.54) is 19.3 Å². The monoisotopic (exact) mass is 215 g/mol. The van der Waals surface area contributed by atoms with E-state index in [9.17, 15) is 4.79 Å². The van der Waals surface area contributed by atoms with Gasteiger partial charge in [-0.2, -0.15) is 0 Å². The fraction of sp³-hybridized carbons (Fsp3) is 0.909. The van der Waals surface area contributed by atoms with Crippen LogP contribution < -0.4 is 5.32 Å². The van der Waals surface area contributed by atoms with Gasteiger partial charge in [-0.15, -0.1) is 11.6 Å². The van der Waals surface area contributed by atoms with Crippen LogP contribution in [0.4, 0.5) is 0 Å². The predicted octanol–water partition coefficient (Wildman–Crippen LogP) is 2.17. The van der Waals surface area contributed by atoms with Crippen LogP contribution in [0.25, 0.3) is 0 Å². The molecule has 14 heavy (non-hydrogen) atoms. The van der Waals surface area contributed by atoms with Gasteiger partial charge in [0.1, 0.15) is 0 Å². The van der Waals surface area contributed by atoms with Crippen molar-refractivity contribution in [3.05, 3.63) is 0 Å². The molecule has 80 valence electrons. The summed E-state index contributed by atoms with van der Waals surface area (Å²) >= 11 is 5.75. The second-order valence-corrected chi connectivity index (χ2v) is 5.68. The lowest BCUT2D eigenvalue weighted by atomic mass is 9.94. The molecular weight excluding hydrogens is 198 g/mol. The van der Waals surface area contributed by atoms with Gasteiger partial charge in [0.05, 0.1) is 5.41 Å². The normalized spacial score (nSPS) is 35.2. The SMILES string of the molecule is CC(C)(CCl)C(=O)NC1CC2CC2C1. The number of alkyl halides is 1. The Kier molecular flexibility index (Phi) is 2.50. The summed E-state index contributed by atoms with van der Waals surface area (Å²) in [5, 5.41) is 3.11. The quantitative estimate of drug-likeness (QED) is 0.719. The maximum atomic E-state index is 11.8. The van der Waals surface area contributed by atoms with E-state index in [1.54, 1.807) is 0 Å². The molecule has 2 aliphatic carbocycles. The maximum absolute atomic E-state index is 11.8. The first-order chi connectivity index (χ1) is 6.53. The third-order valence-electron chi connectivity index (χ3n) is 3.53. The number of fused-ring (bicyclic) bond motifs is 1. The Morgan fingerprint density at radius 2 is 1.93 bits per heavy atom. The zero-order chi connectivity index (χ0) is 10.3. The third-order valence-corrected chi connectivity index (χ3v) is 4.20. The molecule has 0 spiro atoms. The molecule has 2 aliphatic rings. The van der Waals surface area contributed by atoms with Crippen LogP contribution in [0.15, 0.2) is 0 Å². The molecule has 2 unspecified atom stereocenters. The van der Waals surface area contributed by atoms with E-state index in [2.05, 4.69) is 5.32 Å². The molecule has 2 rings (SSSR count). The van der Waals surface area contributed by atoms with Gasteiger partial charge in [-0.25, -0.2) is 0 Å². The van der Waals surface area contributed by atoms with Gasteiger partial charge in [-0.05, 0) is 44.9 Å². The van der Waals surface area contributed by atoms with Gasteiger partial charge in [0.2, 0.25) is 5.91 Å². The molecule has 2 fully saturated rings. The molecule has 1 amide bonds. The standard InChI is InChI=1S/C11H18ClNO/c1-11(2,6-12)10(14)13-9-4-7-3-8(7)5-9/h7-9H,3-6H2,1-2H3,(H,13,14). The Balaban J connectivity index is 1.82. The van der Waals surface area contributed by atoms with Crippen molar-refractivity contribution in [3.63, 3.8) is 0 Å². The minimum Gasteiger partial charge on any atom is -0.353 e. The van der Waals surface area contributed by atoms with Crippen molar-refractivity contribution < 1.29 is 4.79 Å². The Bertz CT molecular complexity index is 242. The average Bonchev–Trinajstić information content (AvgIpc) is 2.74. The first-order valence-corrected chi connectivity index (χ1v) is 5.93. The summed E-state index contributed by atoms with van der Waals surface area (Å²) in [5.41, 5.74) is -0.422. The van der Waals surface area contributed by atoms with Gasteiger partial charge < -0.3 is 5.32 Å². The Hall–Kier alpha value is -0.240. The van der Waals surface area contributed by atoms with E-state index >= 15 is 0 Å². The van der Waals surface area contributed by atoms with Gasteiger partial charge in [0.15, 0.2) is 0 Å². The highest BCUT2D eigenvalue weighted by Gasteiger charge is 2.46. The van der Waals surface area contributed by atoms with Crippen molar-refractivity contribution in [3.8, 4) is 0 Å². The number of halogens is 1. The summed E-state index contributed by atoms with van der Waals surface area (Å²) in [5.74, 6) is 2.33. The van der Waals surface area contributed by atoms with Gasteiger partial charge in [0, 0.05) is 11.9 Å². The highest BCUT2D eigenvalue weighted by molar-refractivity contribution is 6.19. The second kappa shape index (κ2) is 3.41. The van der Waals surface area contributed by atoms with Crippen molar-refractivity contribution in [1.82, 2.24) is 5.32 Å². The van der Waals surface area contributed by atoms with E-state index in [0.717, 1.165) is 11.8 Å². The average molecular weight is 216 g/mol. The maximum Gasteiger partial charge on any atom is 0.227 e. The zero-order valence-corrected chi connectivity index (χ0v) is 9.60. The summed E-state index contributed by atoms with van der Waals surface area (Å²) in [4.78, 5) is 11.8. The van der Waals surface area contributed by atoms with E-state index in [4.69, 9.17) is 11.6 Å². The van der Waals surface area contributed by atoms with Gasteiger partial charge in [-0.1, -0.05) is 0 Å². The first kappa shape index (κ1) is 10.3. The van der Waals surface area contributed by atoms with Crippen LogP contribution in [-0.4, -0.2) is 17.8 Å². The molecule has 0 aromatic heterocycles. The number of hydrogen-bond donors (Lipinski definition) is 1. The zero-order valence-electron chi connectivity index (χ0n) is 8.85. The summed E-state index contributed by atoms with van der Waals surface area (Å²) in [6.07, 6.45) is 3.77. The van der Waals surface area contributed by atoms with Gasteiger partial charge in [-0.3, -0.25) is 4.79 Å². The lowest BCUT2D eigenvalue weighted by Crippen LogP contribution is -2.43. The van der Waals surface area contributed by atoms with Crippen LogP contribution in [-0.2, 0) is 4.79 Å². The summed E-state index contributed by atoms with van der Waals surface area (Å²) in [7, 11) is 0. The lowest BCUT2D eigenvalue weighted by Gasteiger charge is -2.24. The second-order valence-electron chi connectivity index (χ2n) is 5.42. The molecule has 0 aromatic carbocycles. The number of hydrogen-bond acceptors (Lipinski definition) is 1. The van der Waals surface area contributed by atoms with E-state index < -0.39 is 5.41 Å². The van der Waals surface area contributed by atoms with Crippen molar-refractivity contribution in [2.75, 3.05) is 5.88 Å². The van der Waals surface area contributed by atoms with Crippen LogP contribution in [0.1, 0.15) is 33.1 Å². The smallest absolute Gasteiger partial charge is 0.227 e. The summed E-state index contributed by atoms with van der Waals surface area (Å²) < 4.78 is 0. The highest BCUT2D eigenvalue weighted by atomic mass is 35.5. The molecule has 0 bridgehead atoms. The fourth-order valence-electron chi connectivity index (χ4n) is 2.27. The molecule has 0 aromatic rings. The number of carbonyl (C=O) groups is 1. The predicted molar refractivity (Wildman–Crippen MR) is 57.3 cm³/mol. The minimum atomic E-state index is -0.422. The molecule has 0 heterocycles. The number of amides is 1. The van der Waals surface area contributed by atoms with Crippen molar-refractivity contribution >= 4 is 17.5 Å². The van der Waals surface area contributed by atoms with Crippen LogP contribution in [0.3, 0.4) is 0 Å². The van der Waals surface area contributed by atoms with Crippen LogP contribution >= 0.6 is 11.6 Å². The number of rotatable bonds is 3. The minimum absolute atomic E-state index is 0.110.